The first-order valence-corrected chi connectivity index (χ1v) is 10.4. The van der Waals surface area contributed by atoms with Crippen molar-refractivity contribution in [1.29, 1.82) is 0 Å². The molecule has 0 spiro atoms. The van der Waals surface area contributed by atoms with Crippen molar-refractivity contribution in [3.8, 4) is 11.1 Å². The van der Waals surface area contributed by atoms with E-state index in [1.54, 1.807) is 0 Å². The SMILES string of the molecule is CC(C)(C)c1cccc(C2(c3ccccc3)c3ccccc3-c3ccccc32)c1. The Morgan fingerprint density at radius 3 is 1.62 bits per heavy atom. The van der Waals surface area contributed by atoms with Gasteiger partial charge in [0, 0.05) is 0 Å². The lowest BCUT2D eigenvalue weighted by Gasteiger charge is -2.35. The lowest BCUT2D eigenvalue weighted by atomic mass is 9.67. The fourth-order valence-electron chi connectivity index (χ4n) is 4.93. The third kappa shape index (κ3) is 2.59. The van der Waals surface area contributed by atoms with Crippen molar-refractivity contribution in [1.82, 2.24) is 0 Å². The molecule has 0 N–H and O–H groups in total. The van der Waals surface area contributed by atoms with Gasteiger partial charge in [0.1, 0.15) is 0 Å². The Kier molecular flexibility index (Phi) is 3.99. The van der Waals surface area contributed by atoms with Crippen molar-refractivity contribution in [3.05, 3.63) is 131 Å². The number of hydrogen-bond donors (Lipinski definition) is 0. The topological polar surface area (TPSA) is 0 Å². The smallest absolute Gasteiger partial charge is 0.0622 e. The molecule has 0 saturated carbocycles. The molecule has 0 unspecified atom stereocenters. The average molecular weight is 375 g/mol. The molecule has 142 valence electrons. The Morgan fingerprint density at radius 2 is 1.03 bits per heavy atom. The molecule has 0 amide bonds. The zero-order valence-electron chi connectivity index (χ0n) is 17.3. The molecule has 0 heteroatoms. The molecular formula is C29H26. The average Bonchev–Trinajstić information content (AvgIpc) is 3.05. The molecule has 0 fully saturated rings. The summed E-state index contributed by atoms with van der Waals surface area (Å²) < 4.78 is 0. The van der Waals surface area contributed by atoms with E-state index in [1.807, 2.05) is 0 Å². The molecule has 0 radical (unpaired) electrons. The minimum absolute atomic E-state index is 0.103. The Balaban J connectivity index is 1.93. The zero-order valence-corrected chi connectivity index (χ0v) is 17.3. The molecule has 0 heterocycles. The van der Waals surface area contributed by atoms with E-state index in [2.05, 4.69) is 124 Å². The number of rotatable bonds is 2. The summed E-state index contributed by atoms with van der Waals surface area (Å²) in [4.78, 5) is 0. The summed E-state index contributed by atoms with van der Waals surface area (Å²) in [6.45, 7) is 6.87. The van der Waals surface area contributed by atoms with Crippen molar-refractivity contribution < 1.29 is 0 Å². The maximum absolute atomic E-state index is 2.42. The van der Waals surface area contributed by atoms with Gasteiger partial charge in [-0.1, -0.05) is 124 Å². The molecule has 4 aromatic rings. The third-order valence-corrected chi connectivity index (χ3v) is 6.32. The van der Waals surface area contributed by atoms with Crippen LogP contribution in [0.25, 0.3) is 11.1 Å². The first kappa shape index (κ1) is 17.9. The first-order chi connectivity index (χ1) is 14.0. The standard InChI is InChI=1S/C29H26/c1-28(2,3)22-14-11-15-23(20-22)29(21-12-5-4-6-13-21)26-18-9-7-16-24(26)25-17-8-10-19-27(25)29/h4-20H,1-3H3. The highest BCUT2D eigenvalue weighted by Crippen LogP contribution is 2.56. The maximum atomic E-state index is 2.42. The quantitative estimate of drug-likeness (QED) is 0.303. The van der Waals surface area contributed by atoms with Crippen molar-refractivity contribution in [3.63, 3.8) is 0 Å². The number of fused-ring (bicyclic) bond motifs is 3. The fraction of sp³-hybridized carbons (Fsp3) is 0.172. The van der Waals surface area contributed by atoms with Crippen LogP contribution in [0.3, 0.4) is 0 Å². The van der Waals surface area contributed by atoms with Gasteiger partial charge in [-0.15, -0.1) is 0 Å². The van der Waals surface area contributed by atoms with Crippen molar-refractivity contribution in [2.24, 2.45) is 0 Å². The highest BCUT2D eigenvalue weighted by atomic mass is 14.5. The molecule has 0 aromatic heterocycles. The van der Waals surface area contributed by atoms with Crippen LogP contribution in [0.2, 0.25) is 0 Å². The van der Waals surface area contributed by atoms with Gasteiger partial charge in [0.2, 0.25) is 0 Å². The second kappa shape index (κ2) is 6.46. The van der Waals surface area contributed by atoms with Crippen LogP contribution in [0.4, 0.5) is 0 Å². The van der Waals surface area contributed by atoms with E-state index in [9.17, 15) is 0 Å². The molecule has 1 aliphatic carbocycles. The van der Waals surface area contributed by atoms with Crippen LogP contribution >= 0.6 is 0 Å². The Morgan fingerprint density at radius 1 is 0.517 bits per heavy atom. The second-order valence-electron chi connectivity index (χ2n) is 9.04. The maximum Gasteiger partial charge on any atom is 0.0713 e. The summed E-state index contributed by atoms with van der Waals surface area (Å²) >= 11 is 0. The van der Waals surface area contributed by atoms with Gasteiger partial charge in [-0.25, -0.2) is 0 Å². The minimum atomic E-state index is -0.296. The van der Waals surface area contributed by atoms with Crippen molar-refractivity contribution in [2.45, 2.75) is 31.6 Å². The minimum Gasteiger partial charge on any atom is -0.0622 e. The molecule has 0 aliphatic heterocycles. The van der Waals surface area contributed by atoms with Crippen LogP contribution in [0.15, 0.2) is 103 Å². The normalized spacial score (nSPS) is 14.3. The van der Waals surface area contributed by atoms with Gasteiger partial charge < -0.3 is 0 Å². The summed E-state index contributed by atoms with van der Waals surface area (Å²) in [5, 5.41) is 0. The molecule has 0 nitrogen and oxygen atoms in total. The summed E-state index contributed by atoms with van der Waals surface area (Å²) in [6.07, 6.45) is 0. The van der Waals surface area contributed by atoms with Crippen LogP contribution in [-0.2, 0) is 10.8 Å². The fourth-order valence-corrected chi connectivity index (χ4v) is 4.93. The molecular weight excluding hydrogens is 348 g/mol. The van der Waals surface area contributed by atoms with E-state index in [-0.39, 0.29) is 10.8 Å². The van der Waals surface area contributed by atoms with E-state index in [0.29, 0.717) is 0 Å². The summed E-state index contributed by atoms with van der Waals surface area (Å²) in [6, 6.07) is 38.0. The third-order valence-electron chi connectivity index (χ3n) is 6.32. The van der Waals surface area contributed by atoms with Gasteiger partial charge in [0.05, 0.1) is 5.41 Å². The van der Waals surface area contributed by atoms with Crippen molar-refractivity contribution >= 4 is 0 Å². The lowest BCUT2D eigenvalue weighted by Crippen LogP contribution is -2.29. The highest BCUT2D eigenvalue weighted by Gasteiger charge is 2.45. The summed E-state index contributed by atoms with van der Waals surface area (Å²) in [7, 11) is 0. The van der Waals surface area contributed by atoms with E-state index in [4.69, 9.17) is 0 Å². The Labute approximate surface area is 173 Å². The number of hydrogen-bond acceptors (Lipinski definition) is 0. The Bertz CT molecular complexity index is 1130. The van der Waals surface area contributed by atoms with Gasteiger partial charge in [0.15, 0.2) is 0 Å². The predicted molar refractivity (Wildman–Crippen MR) is 122 cm³/mol. The van der Waals surface area contributed by atoms with Gasteiger partial charge in [-0.05, 0) is 44.4 Å². The monoisotopic (exact) mass is 374 g/mol. The van der Waals surface area contributed by atoms with Crippen LogP contribution in [0, 0.1) is 0 Å². The molecule has 0 atom stereocenters. The highest BCUT2D eigenvalue weighted by molar-refractivity contribution is 5.86. The van der Waals surface area contributed by atoms with Gasteiger partial charge in [0.25, 0.3) is 0 Å². The second-order valence-corrected chi connectivity index (χ2v) is 9.04. The first-order valence-electron chi connectivity index (χ1n) is 10.4. The Hall–Kier alpha value is -3.12. The van der Waals surface area contributed by atoms with Gasteiger partial charge in [-0.3, -0.25) is 0 Å². The van der Waals surface area contributed by atoms with E-state index in [1.165, 1.54) is 38.9 Å². The van der Waals surface area contributed by atoms with E-state index < -0.39 is 0 Å². The molecule has 0 saturated heterocycles. The molecule has 5 rings (SSSR count). The van der Waals surface area contributed by atoms with E-state index >= 15 is 0 Å². The van der Waals surface area contributed by atoms with Crippen molar-refractivity contribution in [2.75, 3.05) is 0 Å². The van der Waals surface area contributed by atoms with Crippen LogP contribution in [-0.4, -0.2) is 0 Å². The molecule has 4 aromatic carbocycles. The van der Waals surface area contributed by atoms with Crippen LogP contribution < -0.4 is 0 Å². The molecule has 29 heavy (non-hydrogen) atoms. The van der Waals surface area contributed by atoms with Crippen LogP contribution in [0.1, 0.15) is 48.6 Å². The summed E-state index contributed by atoms with van der Waals surface area (Å²) in [5.74, 6) is 0. The van der Waals surface area contributed by atoms with Gasteiger partial charge >= 0.3 is 0 Å². The number of benzene rings is 4. The molecule has 1 aliphatic rings. The van der Waals surface area contributed by atoms with Crippen LogP contribution in [0.5, 0.6) is 0 Å². The predicted octanol–water partition coefficient (Wildman–Crippen LogP) is 7.35. The zero-order chi connectivity index (χ0) is 20.1. The van der Waals surface area contributed by atoms with Gasteiger partial charge in [-0.2, -0.15) is 0 Å². The van der Waals surface area contributed by atoms with E-state index in [0.717, 1.165) is 0 Å². The lowest BCUT2D eigenvalue weighted by molar-refractivity contribution is 0.587. The molecule has 0 bridgehead atoms. The summed E-state index contributed by atoms with van der Waals surface area (Å²) in [5.41, 5.74) is 9.27. The largest absolute Gasteiger partial charge is 0.0713 e.